The second-order valence-electron chi connectivity index (χ2n) is 10.4. The molecular formula is C32H54O. The molecule has 0 aromatic rings. The monoisotopic (exact) mass is 454 g/mol. The minimum absolute atomic E-state index is 0.264. The molecule has 0 fully saturated rings. The standard InChI is InChI=1S/C32H54O/c1-26(2)13-9-15-28(5)17-11-19-30(7)21-23-32(25-33)24-22-31(8)20-12-18-29(6)16-10-14-27(3)4/h13-14,17-18,21-22,32-33H,9-12,15-16,19-20,23-25H2,1-8H3. The number of rotatable bonds is 17. The third-order valence-corrected chi connectivity index (χ3v) is 6.10. The molecule has 1 heteroatoms. The Labute approximate surface area is 207 Å². The molecule has 0 atom stereocenters. The van der Waals surface area contributed by atoms with E-state index in [0.717, 1.165) is 64.2 Å². The second-order valence-corrected chi connectivity index (χ2v) is 10.4. The number of allylic oxidation sites excluding steroid dienone is 12. The molecule has 1 nitrogen and oxygen atoms in total. The molecule has 0 radical (unpaired) electrons. The van der Waals surface area contributed by atoms with Gasteiger partial charge in [-0.15, -0.1) is 0 Å². The molecule has 1 N–H and O–H groups in total. The predicted molar refractivity (Wildman–Crippen MR) is 151 cm³/mol. The third-order valence-electron chi connectivity index (χ3n) is 6.10. The van der Waals surface area contributed by atoms with Crippen molar-refractivity contribution in [3.05, 3.63) is 69.9 Å². The average molecular weight is 455 g/mol. The second kappa shape index (κ2) is 19.8. The normalized spacial score (nSPS) is 14.3. The summed E-state index contributed by atoms with van der Waals surface area (Å²) in [5.74, 6) is 0.331. The first-order chi connectivity index (χ1) is 15.6. The van der Waals surface area contributed by atoms with Gasteiger partial charge in [0.05, 0.1) is 0 Å². The fourth-order valence-corrected chi connectivity index (χ4v) is 3.66. The van der Waals surface area contributed by atoms with Gasteiger partial charge in [-0.2, -0.15) is 0 Å². The van der Waals surface area contributed by atoms with Gasteiger partial charge in [0.25, 0.3) is 0 Å². The van der Waals surface area contributed by atoms with Crippen LogP contribution in [0.4, 0.5) is 0 Å². The molecule has 0 saturated carbocycles. The molecule has 0 aliphatic heterocycles. The molecule has 0 amide bonds. The molecule has 0 aliphatic rings. The van der Waals surface area contributed by atoms with E-state index in [-0.39, 0.29) is 6.61 Å². The highest BCUT2D eigenvalue weighted by atomic mass is 16.3. The fraction of sp³-hybridized carbons (Fsp3) is 0.625. The van der Waals surface area contributed by atoms with Crippen LogP contribution >= 0.6 is 0 Å². The highest BCUT2D eigenvalue weighted by Crippen LogP contribution is 2.18. The van der Waals surface area contributed by atoms with E-state index in [4.69, 9.17) is 0 Å². The van der Waals surface area contributed by atoms with E-state index in [1.165, 1.54) is 33.4 Å². The van der Waals surface area contributed by atoms with Gasteiger partial charge in [-0.05, 0) is 126 Å². The van der Waals surface area contributed by atoms with Gasteiger partial charge in [0.15, 0.2) is 0 Å². The number of aliphatic hydroxyl groups is 1. The molecule has 0 bridgehead atoms. The predicted octanol–water partition coefficient (Wildman–Crippen LogP) is 10.2. The Hall–Kier alpha value is -1.60. The molecule has 0 saturated heterocycles. The lowest BCUT2D eigenvalue weighted by Crippen LogP contribution is -2.04. The van der Waals surface area contributed by atoms with Gasteiger partial charge in [0, 0.05) is 6.61 Å². The molecule has 33 heavy (non-hydrogen) atoms. The van der Waals surface area contributed by atoms with Crippen LogP contribution in [0, 0.1) is 5.92 Å². The van der Waals surface area contributed by atoms with E-state index in [0.29, 0.717) is 5.92 Å². The minimum atomic E-state index is 0.264. The Morgan fingerprint density at radius 2 is 0.788 bits per heavy atom. The first-order valence-electron chi connectivity index (χ1n) is 13.1. The van der Waals surface area contributed by atoms with Crippen molar-refractivity contribution >= 4 is 0 Å². The molecule has 0 heterocycles. The summed E-state index contributed by atoms with van der Waals surface area (Å²) in [6.07, 6.45) is 25.1. The largest absolute Gasteiger partial charge is 0.396 e. The molecule has 0 aromatic carbocycles. The van der Waals surface area contributed by atoms with Crippen LogP contribution in [0.15, 0.2) is 69.9 Å². The van der Waals surface area contributed by atoms with Crippen LogP contribution in [-0.2, 0) is 0 Å². The molecule has 0 aliphatic carbocycles. The van der Waals surface area contributed by atoms with Crippen molar-refractivity contribution in [2.75, 3.05) is 6.61 Å². The maximum Gasteiger partial charge on any atom is 0.0465 e. The Balaban J connectivity index is 4.33. The van der Waals surface area contributed by atoms with E-state index >= 15 is 0 Å². The molecular weight excluding hydrogens is 400 g/mol. The lowest BCUT2D eigenvalue weighted by molar-refractivity contribution is 0.228. The van der Waals surface area contributed by atoms with E-state index in [1.807, 2.05) is 0 Å². The van der Waals surface area contributed by atoms with Crippen LogP contribution in [0.2, 0.25) is 0 Å². The van der Waals surface area contributed by atoms with Gasteiger partial charge in [-0.3, -0.25) is 0 Å². The van der Waals surface area contributed by atoms with Crippen molar-refractivity contribution < 1.29 is 5.11 Å². The first-order valence-corrected chi connectivity index (χ1v) is 13.1. The van der Waals surface area contributed by atoms with Gasteiger partial charge < -0.3 is 5.11 Å². The Morgan fingerprint density at radius 1 is 0.485 bits per heavy atom. The van der Waals surface area contributed by atoms with Crippen LogP contribution < -0.4 is 0 Å². The summed E-state index contributed by atoms with van der Waals surface area (Å²) in [4.78, 5) is 0. The average Bonchev–Trinajstić information content (AvgIpc) is 2.73. The molecule has 0 unspecified atom stereocenters. The quantitative estimate of drug-likeness (QED) is 0.217. The smallest absolute Gasteiger partial charge is 0.0465 e. The van der Waals surface area contributed by atoms with Crippen molar-refractivity contribution in [1.82, 2.24) is 0 Å². The van der Waals surface area contributed by atoms with Crippen molar-refractivity contribution in [1.29, 1.82) is 0 Å². The molecule has 0 spiro atoms. The summed E-state index contributed by atoms with van der Waals surface area (Å²) in [5.41, 5.74) is 8.68. The first kappa shape index (κ1) is 31.4. The van der Waals surface area contributed by atoms with Crippen molar-refractivity contribution in [2.45, 2.75) is 120 Å². The molecule has 0 rings (SSSR count). The highest BCUT2D eigenvalue weighted by Gasteiger charge is 2.05. The lowest BCUT2D eigenvalue weighted by atomic mass is 9.97. The lowest BCUT2D eigenvalue weighted by Gasteiger charge is -2.11. The van der Waals surface area contributed by atoms with Crippen LogP contribution in [0.1, 0.15) is 120 Å². The van der Waals surface area contributed by atoms with Crippen molar-refractivity contribution in [2.24, 2.45) is 5.92 Å². The van der Waals surface area contributed by atoms with Crippen LogP contribution in [0.25, 0.3) is 0 Å². The van der Waals surface area contributed by atoms with Gasteiger partial charge in [0.2, 0.25) is 0 Å². The van der Waals surface area contributed by atoms with Crippen LogP contribution in [0.3, 0.4) is 0 Å². The maximum absolute atomic E-state index is 9.81. The Morgan fingerprint density at radius 3 is 1.09 bits per heavy atom. The van der Waals surface area contributed by atoms with Crippen molar-refractivity contribution in [3.8, 4) is 0 Å². The van der Waals surface area contributed by atoms with E-state index in [9.17, 15) is 5.11 Å². The topological polar surface area (TPSA) is 20.2 Å². The summed E-state index contributed by atoms with van der Waals surface area (Å²) < 4.78 is 0. The summed E-state index contributed by atoms with van der Waals surface area (Å²) in [6.45, 7) is 17.9. The Bertz CT molecular complexity index is 641. The number of hydrogen-bond donors (Lipinski definition) is 1. The molecule has 188 valence electrons. The van der Waals surface area contributed by atoms with Crippen molar-refractivity contribution in [3.63, 3.8) is 0 Å². The maximum atomic E-state index is 9.81. The zero-order valence-electron chi connectivity index (χ0n) is 23.3. The fourth-order valence-electron chi connectivity index (χ4n) is 3.66. The third kappa shape index (κ3) is 20.7. The zero-order valence-corrected chi connectivity index (χ0v) is 23.3. The summed E-state index contributed by atoms with van der Waals surface area (Å²) in [6, 6.07) is 0. The Kier molecular flexibility index (Phi) is 18.9. The van der Waals surface area contributed by atoms with E-state index < -0.39 is 0 Å². The van der Waals surface area contributed by atoms with Gasteiger partial charge in [0.1, 0.15) is 0 Å². The van der Waals surface area contributed by atoms with E-state index in [2.05, 4.69) is 91.8 Å². The highest BCUT2D eigenvalue weighted by molar-refractivity contribution is 5.07. The van der Waals surface area contributed by atoms with Gasteiger partial charge in [-0.25, -0.2) is 0 Å². The minimum Gasteiger partial charge on any atom is -0.396 e. The zero-order chi connectivity index (χ0) is 25.1. The summed E-state index contributed by atoms with van der Waals surface area (Å²) >= 11 is 0. The van der Waals surface area contributed by atoms with Crippen LogP contribution in [-0.4, -0.2) is 11.7 Å². The number of aliphatic hydroxyl groups excluding tert-OH is 1. The SMILES string of the molecule is CC(C)=CCCC(C)=CCCC(C)=CCC(CO)CC=C(C)CCC=C(C)CCC=C(C)C. The number of hydrogen-bond acceptors (Lipinski definition) is 1. The molecule has 0 aromatic heterocycles. The van der Waals surface area contributed by atoms with Crippen LogP contribution in [0.5, 0.6) is 0 Å². The van der Waals surface area contributed by atoms with Gasteiger partial charge in [-0.1, -0.05) is 69.9 Å². The summed E-state index contributed by atoms with van der Waals surface area (Å²) in [5, 5.41) is 9.81. The van der Waals surface area contributed by atoms with E-state index in [1.54, 1.807) is 0 Å². The summed E-state index contributed by atoms with van der Waals surface area (Å²) in [7, 11) is 0. The van der Waals surface area contributed by atoms with Gasteiger partial charge >= 0.3 is 0 Å².